The van der Waals surface area contributed by atoms with E-state index in [9.17, 15) is 27.6 Å². The Morgan fingerprint density at radius 1 is 1.05 bits per heavy atom. The Morgan fingerprint density at radius 3 is 2.52 bits per heavy atom. The molecule has 1 aliphatic heterocycles. The lowest BCUT2D eigenvalue weighted by molar-refractivity contribution is 0.00701. The van der Waals surface area contributed by atoms with E-state index in [4.69, 9.17) is 16.3 Å². The van der Waals surface area contributed by atoms with E-state index in [0.29, 0.717) is 17.0 Å². The number of nitrogens with zero attached hydrogens (tertiary/aromatic N) is 1. The Morgan fingerprint density at radius 2 is 1.77 bits per heavy atom. The second kappa shape index (κ2) is 11.7. The average molecular weight is 575 g/mol. The molecule has 210 valence electrons. The van der Waals surface area contributed by atoms with Crippen LogP contribution in [0.1, 0.15) is 46.8 Å². The molecular formula is C28H26ClF3N4O4. The third-order valence-electron chi connectivity index (χ3n) is 7.18. The number of pyridine rings is 1. The minimum atomic E-state index is -1.60. The first-order chi connectivity index (χ1) is 19.2. The van der Waals surface area contributed by atoms with E-state index in [-0.39, 0.29) is 48.5 Å². The second-order valence-electron chi connectivity index (χ2n) is 9.88. The van der Waals surface area contributed by atoms with Crippen molar-refractivity contribution in [3.05, 3.63) is 104 Å². The van der Waals surface area contributed by atoms with Crippen LogP contribution in [-0.4, -0.2) is 41.3 Å². The van der Waals surface area contributed by atoms with Gasteiger partial charge in [0.15, 0.2) is 17.5 Å². The minimum Gasteiger partial charge on any atom is -0.376 e. The third kappa shape index (κ3) is 6.00. The van der Waals surface area contributed by atoms with Crippen LogP contribution < -0.4 is 21.5 Å². The van der Waals surface area contributed by atoms with E-state index in [1.807, 2.05) is 0 Å². The largest absolute Gasteiger partial charge is 0.376 e. The van der Waals surface area contributed by atoms with E-state index < -0.39 is 35.0 Å². The van der Waals surface area contributed by atoms with Crippen molar-refractivity contribution < 1.29 is 27.5 Å². The number of ether oxygens (including phenoxy) is 1. The highest BCUT2D eigenvalue weighted by molar-refractivity contribution is 6.31. The molecular weight excluding hydrogens is 549 g/mol. The number of carbonyl (C=O) groups is 2. The number of urea groups is 1. The van der Waals surface area contributed by atoms with Gasteiger partial charge in [-0.15, -0.1) is 0 Å². The molecule has 4 atom stereocenters. The summed E-state index contributed by atoms with van der Waals surface area (Å²) in [4.78, 5) is 38.1. The van der Waals surface area contributed by atoms with Crippen molar-refractivity contribution in [2.45, 2.75) is 50.0 Å². The zero-order chi connectivity index (χ0) is 28.4. The Hall–Kier alpha value is -3.83. The topological polar surface area (TPSA) is 101 Å². The van der Waals surface area contributed by atoms with E-state index >= 15 is 0 Å². The first kappa shape index (κ1) is 27.7. The van der Waals surface area contributed by atoms with Crippen LogP contribution in [0.3, 0.4) is 0 Å². The quantitative estimate of drug-likeness (QED) is 0.353. The molecule has 1 saturated heterocycles. The highest BCUT2D eigenvalue weighted by Gasteiger charge is 2.37. The summed E-state index contributed by atoms with van der Waals surface area (Å²) in [5.41, 5.74) is -0.299. The van der Waals surface area contributed by atoms with Crippen LogP contribution in [0.25, 0.3) is 0 Å². The Kier molecular flexibility index (Phi) is 8.13. The maximum Gasteiger partial charge on any atom is 0.315 e. The molecule has 8 nitrogen and oxygen atoms in total. The summed E-state index contributed by atoms with van der Waals surface area (Å²) in [6, 6.07) is 10.4. The van der Waals surface area contributed by atoms with Gasteiger partial charge in [0, 0.05) is 11.2 Å². The summed E-state index contributed by atoms with van der Waals surface area (Å²) in [5, 5.41) is 9.00. The smallest absolute Gasteiger partial charge is 0.315 e. The molecule has 1 aliphatic carbocycles. The van der Waals surface area contributed by atoms with E-state index in [1.165, 1.54) is 18.3 Å². The molecule has 40 heavy (non-hydrogen) atoms. The molecule has 2 aromatic carbocycles. The predicted octanol–water partition coefficient (Wildman–Crippen LogP) is 4.06. The van der Waals surface area contributed by atoms with Gasteiger partial charge < -0.3 is 25.3 Å². The predicted molar refractivity (Wildman–Crippen MR) is 141 cm³/mol. The van der Waals surface area contributed by atoms with Crippen molar-refractivity contribution in [3.8, 4) is 0 Å². The lowest BCUT2D eigenvalue weighted by Crippen LogP contribution is -2.43. The van der Waals surface area contributed by atoms with Gasteiger partial charge in [0.05, 0.1) is 37.4 Å². The number of nitrogens with one attached hydrogen (secondary N) is 3. The molecule has 0 bridgehead atoms. The number of amides is 3. The van der Waals surface area contributed by atoms with Crippen LogP contribution in [0, 0.1) is 17.5 Å². The van der Waals surface area contributed by atoms with Crippen molar-refractivity contribution in [1.29, 1.82) is 0 Å². The van der Waals surface area contributed by atoms with Gasteiger partial charge in [-0.05, 0) is 60.7 Å². The molecule has 5 rings (SSSR count). The fourth-order valence-electron chi connectivity index (χ4n) is 5.16. The standard InChI is InChI=1S/C28H26ClF3N4O4/c29-19-6-2-1-4-17(19)24(14-40-16-7-8-22-23(12-16)35-28(39)34-22)33-26(37)18-5-3-9-36(27(18)38)13-15-10-20(30)25(32)21(31)11-15/h1-6,9-11,16,22-24H,7-8,12-14H2,(H,33,37)(H2,34,35,39)/t16?,22?,23?,24-/m0/s1. The van der Waals surface area contributed by atoms with Gasteiger partial charge in [-0.1, -0.05) is 29.8 Å². The molecule has 0 spiro atoms. The van der Waals surface area contributed by atoms with Crippen molar-refractivity contribution >= 4 is 23.5 Å². The van der Waals surface area contributed by atoms with Crippen molar-refractivity contribution in [2.75, 3.05) is 6.61 Å². The zero-order valence-corrected chi connectivity index (χ0v) is 21.9. The highest BCUT2D eigenvalue weighted by Crippen LogP contribution is 2.28. The molecule has 2 fully saturated rings. The van der Waals surface area contributed by atoms with E-state index in [2.05, 4.69) is 16.0 Å². The van der Waals surface area contributed by atoms with Gasteiger partial charge in [-0.2, -0.15) is 0 Å². The highest BCUT2D eigenvalue weighted by atomic mass is 35.5. The molecule has 3 amide bonds. The number of hydrogen-bond acceptors (Lipinski definition) is 4. The van der Waals surface area contributed by atoms with Gasteiger partial charge >= 0.3 is 6.03 Å². The lowest BCUT2D eigenvalue weighted by atomic mass is 9.89. The fourth-order valence-corrected chi connectivity index (χ4v) is 5.43. The van der Waals surface area contributed by atoms with E-state index in [0.717, 1.165) is 29.5 Å². The second-order valence-corrected chi connectivity index (χ2v) is 10.3. The maximum absolute atomic E-state index is 13.7. The van der Waals surface area contributed by atoms with Crippen molar-refractivity contribution in [1.82, 2.24) is 20.5 Å². The van der Waals surface area contributed by atoms with E-state index in [1.54, 1.807) is 24.3 Å². The number of aromatic nitrogens is 1. The van der Waals surface area contributed by atoms with Crippen LogP contribution in [0.2, 0.25) is 5.02 Å². The van der Waals surface area contributed by atoms with Crippen LogP contribution in [0.5, 0.6) is 0 Å². The Bertz CT molecular complexity index is 1480. The normalized spacial score (nSPS) is 20.8. The third-order valence-corrected chi connectivity index (χ3v) is 7.53. The fraction of sp³-hybridized carbons (Fsp3) is 0.321. The number of rotatable bonds is 8. The Labute approximate surface area is 232 Å². The lowest BCUT2D eigenvalue weighted by Gasteiger charge is -2.32. The number of benzene rings is 2. The number of fused-ring (bicyclic) bond motifs is 1. The zero-order valence-electron chi connectivity index (χ0n) is 21.1. The SMILES string of the molecule is O=C1NC2CCC(OC[C@H](NC(=O)c3cccn(Cc4cc(F)c(F)c(F)c4)c3=O)c3ccccc3Cl)CC2N1. The summed E-state index contributed by atoms with van der Waals surface area (Å²) in [6.07, 6.45) is 3.29. The molecule has 3 N–H and O–H groups in total. The minimum absolute atomic E-state index is 0.0155. The Balaban J connectivity index is 1.32. The van der Waals surface area contributed by atoms with Crippen LogP contribution in [0.4, 0.5) is 18.0 Å². The van der Waals surface area contributed by atoms with Crippen molar-refractivity contribution in [2.24, 2.45) is 0 Å². The monoisotopic (exact) mass is 574 g/mol. The molecule has 0 radical (unpaired) electrons. The molecule has 1 saturated carbocycles. The maximum atomic E-state index is 13.7. The summed E-state index contributed by atoms with van der Waals surface area (Å²) >= 11 is 6.43. The van der Waals surface area contributed by atoms with Gasteiger partial charge in [-0.25, -0.2) is 18.0 Å². The number of hydrogen-bond donors (Lipinski definition) is 3. The molecule has 3 unspecified atom stereocenters. The first-order valence-electron chi connectivity index (χ1n) is 12.8. The van der Waals surface area contributed by atoms with Crippen LogP contribution in [-0.2, 0) is 11.3 Å². The van der Waals surface area contributed by atoms with Crippen LogP contribution in [0.15, 0.2) is 59.5 Å². The molecule has 2 heterocycles. The first-order valence-corrected chi connectivity index (χ1v) is 13.1. The summed E-state index contributed by atoms with van der Waals surface area (Å²) in [5.74, 6) is -5.05. The van der Waals surface area contributed by atoms with Gasteiger partial charge in [0.1, 0.15) is 5.56 Å². The van der Waals surface area contributed by atoms with Gasteiger partial charge in [-0.3, -0.25) is 9.59 Å². The molecule has 2 aliphatic rings. The van der Waals surface area contributed by atoms with Crippen molar-refractivity contribution in [3.63, 3.8) is 0 Å². The van der Waals surface area contributed by atoms with Gasteiger partial charge in [0.25, 0.3) is 11.5 Å². The summed E-state index contributed by atoms with van der Waals surface area (Å²) in [6.45, 7) is -0.214. The number of carbonyl (C=O) groups excluding carboxylic acids is 2. The molecule has 12 heteroatoms. The molecule has 3 aromatic rings. The average Bonchev–Trinajstić information content (AvgIpc) is 3.30. The number of halogens is 4. The van der Waals surface area contributed by atoms with Crippen LogP contribution >= 0.6 is 11.6 Å². The van der Waals surface area contributed by atoms with Gasteiger partial charge in [0.2, 0.25) is 0 Å². The summed E-state index contributed by atoms with van der Waals surface area (Å²) in [7, 11) is 0. The summed E-state index contributed by atoms with van der Waals surface area (Å²) < 4.78 is 47.9. The molecule has 1 aromatic heterocycles.